The molecule has 1 aliphatic heterocycles. The van der Waals surface area contributed by atoms with Gasteiger partial charge in [0.05, 0.1) is 19.3 Å². The minimum absolute atomic E-state index is 0.154. The molecule has 0 N–H and O–H groups in total. The number of morpholine rings is 1. The molecular weight excluding hydrogens is 290 g/mol. The summed E-state index contributed by atoms with van der Waals surface area (Å²) in [4.78, 5) is 14.3. The summed E-state index contributed by atoms with van der Waals surface area (Å²) in [6.07, 6.45) is 5.44. The first-order valence-electron chi connectivity index (χ1n) is 9.42. The first-order valence-corrected chi connectivity index (χ1v) is 9.42. The van der Waals surface area contributed by atoms with Crippen molar-refractivity contribution in [1.82, 2.24) is 4.90 Å². The summed E-state index contributed by atoms with van der Waals surface area (Å²) in [7, 11) is 0. The molecule has 0 aromatic carbocycles. The van der Waals surface area contributed by atoms with Crippen molar-refractivity contribution in [3.05, 3.63) is 0 Å². The van der Waals surface area contributed by atoms with Crippen LogP contribution in [0, 0.1) is 23.2 Å². The maximum atomic E-state index is 12.3. The van der Waals surface area contributed by atoms with E-state index in [0.29, 0.717) is 31.5 Å². The molecule has 1 saturated heterocycles. The molecule has 2 saturated carbocycles. The third kappa shape index (κ3) is 3.90. The number of amides is 1. The second-order valence-corrected chi connectivity index (χ2v) is 8.58. The smallest absolute Gasteiger partial charge is 0.223 e. The fraction of sp³-hybridized carbons (Fsp3) is 0.947. The molecule has 3 fully saturated rings. The standard InChI is InChI=1S/C19H33NO3/c1-13-5-8-16(19(3,4)14(13)2)23-18-12-20(9-10-22-18)17(21)11-15-6-7-15/h13-16,18H,5-12H2,1-4H3. The second kappa shape index (κ2) is 6.72. The van der Waals surface area contributed by atoms with E-state index in [0.717, 1.165) is 18.8 Å². The highest BCUT2D eigenvalue weighted by molar-refractivity contribution is 5.76. The molecule has 0 aromatic rings. The molecule has 3 rings (SSSR count). The monoisotopic (exact) mass is 323 g/mol. The molecule has 0 spiro atoms. The Morgan fingerprint density at radius 3 is 2.65 bits per heavy atom. The van der Waals surface area contributed by atoms with Crippen molar-refractivity contribution in [2.45, 2.75) is 72.2 Å². The maximum Gasteiger partial charge on any atom is 0.223 e. The highest BCUT2D eigenvalue weighted by Crippen LogP contribution is 2.45. The lowest BCUT2D eigenvalue weighted by molar-refractivity contribution is -0.234. The van der Waals surface area contributed by atoms with Crippen molar-refractivity contribution in [2.75, 3.05) is 19.7 Å². The van der Waals surface area contributed by atoms with Gasteiger partial charge in [-0.05, 0) is 48.9 Å². The van der Waals surface area contributed by atoms with Crippen LogP contribution >= 0.6 is 0 Å². The van der Waals surface area contributed by atoms with E-state index in [1.807, 2.05) is 4.90 Å². The molecule has 23 heavy (non-hydrogen) atoms. The largest absolute Gasteiger partial charge is 0.349 e. The molecule has 2 aliphatic carbocycles. The fourth-order valence-electron chi connectivity index (χ4n) is 4.11. The normalized spacial score (nSPS) is 37.7. The first kappa shape index (κ1) is 17.2. The molecule has 4 nitrogen and oxygen atoms in total. The van der Waals surface area contributed by atoms with Crippen LogP contribution in [-0.4, -0.2) is 42.9 Å². The van der Waals surface area contributed by atoms with Gasteiger partial charge in [0.25, 0.3) is 0 Å². The van der Waals surface area contributed by atoms with Gasteiger partial charge >= 0.3 is 0 Å². The van der Waals surface area contributed by atoms with E-state index in [-0.39, 0.29) is 23.7 Å². The van der Waals surface area contributed by atoms with E-state index in [9.17, 15) is 4.79 Å². The molecule has 4 atom stereocenters. The lowest BCUT2D eigenvalue weighted by Crippen LogP contribution is -2.51. The predicted octanol–water partition coefficient (Wildman–Crippen LogP) is 3.45. The molecule has 1 heterocycles. The summed E-state index contributed by atoms with van der Waals surface area (Å²) in [5, 5.41) is 0. The Bertz CT molecular complexity index is 432. The zero-order chi connectivity index (χ0) is 16.6. The highest BCUT2D eigenvalue weighted by Gasteiger charge is 2.43. The van der Waals surface area contributed by atoms with E-state index in [4.69, 9.17) is 9.47 Å². The van der Waals surface area contributed by atoms with Crippen molar-refractivity contribution < 1.29 is 14.3 Å². The minimum Gasteiger partial charge on any atom is -0.349 e. The van der Waals surface area contributed by atoms with Crippen LogP contribution in [0.1, 0.15) is 59.8 Å². The van der Waals surface area contributed by atoms with Crippen molar-refractivity contribution in [3.8, 4) is 0 Å². The molecule has 0 radical (unpaired) electrons. The van der Waals surface area contributed by atoms with Crippen LogP contribution in [0.15, 0.2) is 0 Å². The van der Waals surface area contributed by atoms with Crippen molar-refractivity contribution >= 4 is 5.91 Å². The average Bonchev–Trinajstić information content (AvgIpc) is 3.33. The summed E-state index contributed by atoms with van der Waals surface area (Å²) in [5.41, 5.74) is 0.154. The van der Waals surface area contributed by atoms with Crippen LogP contribution < -0.4 is 0 Å². The van der Waals surface area contributed by atoms with E-state index in [1.165, 1.54) is 19.3 Å². The third-order valence-electron chi connectivity index (χ3n) is 6.60. The van der Waals surface area contributed by atoms with Gasteiger partial charge in [-0.1, -0.05) is 27.7 Å². The maximum absolute atomic E-state index is 12.3. The lowest BCUT2D eigenvalue weighted by Gasteiger charge is -2.48. The fourth-order valence-corrected chi connectivity index (χ4v) is 4.11. The molecule has 3 aliphatic rings. The Kier molecular flexibility index (Phi) is 5.03. The summed E-state index contributed by atoms with van der Waals surface area (Å²) >= 11 is 0. The van der Waals surface area contributed by atoms with Crippen LogP contribution in [0.3, 0.4) is 0 Å². The predicted molar refractivity (Wildman–Crippen MR) is 89.9 cm³/mol. The molecule has 1 amide bonds. The van der Waals surface area contributed by atoms with Gasteiger partial charge in [-0.15, -0.1) is 0 Å². The quantitative estimate of drug-likeness (QED) is 0.795. The summed E-state index contributed by atoms with van der Waals surface area (Å²) in [5.74, 6) is 2.31. The van der Waals surface area contributed by atoms with Gasteiger partial charge in [0.15, 0.2) is 6.29 Å². The Hall–Kier alpha value is -0.610. The van der Waals surface area contributed by atoms with Gasteiger partial charge in [0, 0.05) is 13.0 Å². The van der Waals surface area contributed by atoms with Crippen LogP contribution in [0.4, 0.5) is 0 Å². The van der Waals surface area contributed by atoms with Gasteiger partial charge in [-0.2, -0.15) is 0 Å². The Labute approximate surface area is 140 Å². The zero-order valence-electron chi connectivity index (χ0n) is 15.2. The lowest BCUT2D eigenvalue weighted by atomic mass is 9.63. The first-order chi connectivity index (χ1) is 10.9. The van der Waals surface area contributed by atoms with Crippen LogP contribution in [0.2, 0.25) is 0 Å². The molecule has 0 aromatic heterocycles. The number of carbonyl (C=O) groups is 1. The number of nitrogens with zero attached hydrogens (tertiary/aromatic N) is 1. The van der Waals surface area contributed by atoms with Gasteiger partial charge in [0.2, 0.25) is 5.91 Å². The van der Waals surface area contributed by atoms with E-state index in [1.54, 1.807) is 0 Å². The minimum atomic E-state index is -0.253. The molecule has 132 valence electrons. The van der Waals surface area contributed by atoms with E-state index in [2.05, 4.69) is 27.7 Å². The number of hydrogen-bond donors (Lipinski definition) is 0. The Morgan fingerprint density at radius 1 is 1.22 bits per heavy atom. The van der Waals surface area contributed by atoms with Crippen molar-refractivity contribution in [2.24, 2.45) is 23.2 Å². The van der Waals surface area contributed by atoms with Gasteiger partial charge < -0.3 is 14.4 Å². The number of rotatable bonds is 4. The number of hydrogen-bond acceptors (Lipinski definition) is 3. The number of carbonyl (C=O) groups excluding carboxylic acids is 1. The molecule has 4 heteroatoms. The summed E-state index contributed by atoms with van der Waals surface area (Å²) < 4.78 is 12.2. The topological polar surface area (TPSA) is 38.8 Å². The van der Waals surface area contributed by atoms with Gasteiger partial charge in [0.1, 0.15) is 0 Å². The van der Waals surface area contributed by atoms with Crippen LogP contribution in [0.25, 0.3) is 0 Å². The average molecular weight is 323 g/mol. The SMILES string of the molecule is CC1CCC(OC2CN(C(=O)CC3CC3)CCO2)C(C)(C)C1C. The van der Waals surface area contributed by atoms with Crippen LogP contribution in [-0.2, 0) is 14.3 Å². The van der Waals surface area contributed by atoms with Crippen molar-refractivity contribution in [3.63, 3.8) is 0 Å². The zero-order valence-corrected chi connectivity index (χ0v) is 15.2. The molecule has 4 unspecified atom stereocenters. The van der Waals surface area contributed by atoms with E-state index < -0.39 is 0 Å². The van der Waals surface area contributed by atoms with E-state index >= 15 is 0 Å². The number of ether oxygens (including phenoxy) is 2. The Balaban J connectivity index is 1.55. The van der Waals surface area contributed by atoms with Crippen LogP contribution in [0.5, 0.6) is 0 Å². The Morgan fingerprint density at radius 2 is 1.96 bits per heavy atom. The molecular formula is C19H33NO3. The highest BCUT2D eigenvalue weighted by atomic mass is 16.7. The third-order valence-corrected chi connectivity index (χ3v) is 6.60. The molecule has 0 bridgehead atoms. The second-order valence-electron chi connectivity index (χ2n) is 8.58. The summed E-state index contributed by atoms with van der Waals surface area (Å²) in [6.45, 7) is 11.2. The van der Waals surface area contributed by atoms with Crippen molar-refractivity contribution in [1.29, 1.82) is 0 Å². The summed E-state index contributed by atoms with van der Waals surface area (Å²) in [6, 6.07) is 0. The van der Waals surface area contributed by atoms with Gasteiger partial charge in [-0.25, -0.2) is 0 Å². The van der Waals surface area contributed by atoms with Gasteiger partial charge in [-0.3, -0.25) is 4.79 Å².